The van der Waals surface area contributed by atoms with Crippen molar-refractivity contribution in [3.63, 3.8) is 0 Å². The lowest BCUT2D eigenvalue weighted by Crippen LogP contribution is -2.59. The van der Waals surface area contributed by atoms with Crippen molar-refractivity contribution in [2.24, 2.45) is 0 Å². The van der Waals surface area contributed by atoms with Gasteiger partial charge in [0.1, 0.15) is 6.61 Å². The van der Waals surface area contributed by atoms with Gasteiger partial charge < -0.3 is 4.74 Å². The van der Waals surface area contributed by atoms with Crippen LogP contribution in [0.3, 0.4) is 0 Å². The summed E-state index contributed by atoms with van der Waals surface area (Å²) in [6, 6.07) is -0.676. The van der Waals surface area contributed by atoms with Crippen LogP contribution in [-0.2, 0) is 14.3 Å². The van der Waals surface area contributed by atoms with Crippen LogP contribution in [0.1, 0.15) is 0 Å². The molecule has 1 saturated heterocycles. The van der Waals surface area contributed by atoms with Crippen molar-refractivity contribution in [1.82, 2.24) is 4.90 Å². The topological polar surface area (TPSA) is 46.6 Å². The number of likely N-dealkylation sites (tertiary alicyclic amines) is 1. The summed E-state index contributed by atoms with van der Waals surface area (Å²) >= 11 is 0. The first-order valence-electron chi connectivity index (χ1n) is 3.67. The van der Waals surface area contributed by atoms with Crippen molar-refractivity contribution in [1.29, 1.82) is 0 Å². The molecule has 0 bridgehead atoms. The number of likely N-dealkylation sites (N-methyl/N-ethyl adjacent to an activating group) is 1. The Morgan fingerprint density at radius 1 is 1.92 bits per heavy atom. The minimum atomic E-state index is -0.676. The third-order valence-electron chi connectivity index (χ3n) is 1.72. The number of rotatable bonds is 3. The van der Waals surface area contributed by atoms with E-state index in [4.69, 9.17) is 4.74 Å². The number of carbonyl (C=O) groups is 2. The molecule has 1 rings (SSSR count). The van der Waals surface area contributed by atoms with E-state index in [1.54, 1.807) is 11.9 Å². The molecule has 1 aliphatic rings. The molecular weight excluding hydrogens is 158 g/mol. The minimum Gasteiger partial charge on any atom is -0.460 e. The average molecular weight is 169 g/mol. The lowest BCUT2D eigenvalue weighted by molar-refractivity contribution is -0.158. The monoisotopic (exact) mass is 169 g/mol. The maximum atomic E-state index is 11.1. The fourth-order valence-corrected chi connectivity index (χ4v) is 1.09. The average Bonchev–Trinajstić information content (AvgIpc) is 2.00. The van der Waals surface area contributed by atoms with Crippen LogP contribution in [0.15, 0.2) is 12.7 Å². The Kier molecular flexibility index (Phi) is 2.60. The van der Waals surface area contributed by atoms with Crippen molar-refractivity contribution in [3.05, 3.63) is 12.7 Å². The van der Waals surface area contributed by atoms with Crippen molar-refractivity contribution < 1.29 is 14.3 Å². The van der Waals surface area contributed by atoms with Crippen LogP contribution in [0.5, 0.6) is 0 Å². The fourth-order valence-electron chi connectivity index (χ4n) is 1.09. The molecule has 4 heteroatoms. The summed E-state index contributed by atoms with van der Waals surface area (Å²) in [6.45, 7) is 3.90. The summed E-state index contributed by atoms with van der Waals surface area (Å²) in [7, 11) is 1.71. The predicted molar refractivity (Wildman–Crippen MR) is 42.6 cm³/mol. The summed E-state index contributed by atoms with van der Waals surface area (Å²) in [6.07, 6.45) is 1.47. The maximum absolute atomic E-state index is 11.1. The van der Waals surface area contributed by atoms with E-state index in [-0.39, 0.29) is 12.4 Å². The molecule has 1 fully saturated rings. The van der Waals surface area contributed by atoms with Crippen molar-refractivity contribution in [3.8, 4) is 0 Å². The summed E-state index contributed by atoms with van der Waals surface area (Å²) < 4.78 is 4.72. The molecule has 1 unspecified atom stereocenters. The lowest BCUT2D eigenvalue weighted by Gasteiger charge is -2.33. The second-order valence-electron chi connectivity index (χ2n) is 2.70. The van der Waals surface area contributed by atoms with E-state index in [0.29, 0.717) is 6.54 Å². The van der Waals surface area contributed by atoms with Crippen LogP contribution in [0.25, 0.3) is 0 Å². The molecule has 0 saturated carbocycles. The molecule has 0 aromatic carbocycles. The number of ether oxygens (including phenoxy) is 1. The Labute approximate surface area is 70.8 Å². The molecule has 1 heterocycles. The number of Topliss-reactive ketones (excluding diaryl/α,β-unsaturated/α-hetero) is 1. The normalized spacial score (nSPS) is 23.1. The molecule has 0 aromatic heterocycles. The largest absolute Gasteiger partial charge is 0.460 e. The van der Waals surface area contributed by atoms with E-state index >= 15 is 0 Å². The van der Waals surface area contributed by atoms with Gasteiger partial charge in [0.05, 0.1) is 6.54 Å². The highest BCUT2D eigenvalue weighted by Gasteiger charge is 2.41. The lowest BCUT2D eigenvalue weighted by atomic mass is 10.0. The Balaban J connectivity index is 2.41. The first-order chi connectivity index (χ1) is 5.66. The summed E-state index contributed by atoms with van der Waals surface area (Å²) in [5, 5.41) is 0. The van der Waals surface area contributed by atoms with Gasteiger partial charge in [-0.25, -0.2) is 4.79 Å². The van der Waals surface area contributed by atoms with Gasteiger partial charge >= 0.3 is 5.97 Å². The second-order valence-corrected chi connectivity index (χ2v) is 2.70. The van der Waals surface area contributed by atoms with E-state index < -0.39 is 12.0 Å². The van der Waals surface area contributed by atoms with Gasteiger partial charge in [-0.15, -0.1) is 0 Å². The number of hydrogen-bond acceptors (Lipinski definition) is 4. The molecule has 1 atom stereocenters. The van der Waals surface area contributed by atoms with Crippen LogP contribution in [0.4, 0.5) is 0 Å². The van der Waals surface area contributed by atoms with Gasteiger partial charge in [0.25, 0.3) is 0 Å². The van der Waals surface area contributed by atoms with Gasteiger partial charge in [-0.05, 0) is 7.05 Å². The number of esters is 1. The number of hydrogen-bond donors (Lipinski definition) is 0. The van der Waals surface area contributed by atoms with Gasteiger partial charge in [0.2, 0.25) is 0 Å². The molecule has 0 aliphatic carbocycles. The highest BCUT2D eigenvalue weighted by Crippen LogP contribution is 2.11. The molecule has 66 valence electrons. The van der Waals surface area contributed by atoms with E-state index in [0.717, 1.165) is 0 Å². The third-order valence-corrected chi connectivity index (χ3v) is 1.72. The van der Waals surface area contributed by atoms with E-state index in [1.165, 1.54) is 6.08 Å². The Morgan fingerprint density at radius 3 is 3.00 bits per heavy atom. The number of ketones is 1. The van der Waals surface area contributed by atoms with Gasteiger partial charge in [0, 0.05) is 0 Å². The standard InChI is InChI=1S/C8H11NO3/c1-3-4-12-8(11)7-6(10)5-9(7)2/h3,7H,1,4-5H2,2H3. The highest BCUT2D eigenvalue weighted by atomic mass is 16.5. The predicted octanol–water partition coefficient (Wildman–Crippen LogP) is -0.401. The van der Waals surface area contributed by atoms with Crippen LogP contribution in [0.2, 0.25) is 0 Å². The zero-order valence-corrected chi connectivity index (χ0v) is 6.95. The molecule has 0 N–H and O–H groups in total. The summed E-state index contributed by atoms with van der Waals surface area (Å²) in [4.78, 5) is 23.6. The smallest absolute Gasteiger partial charge is 0.331 e. The Bertz CT molecular complexity index is 224. The number of nitrogens with zero attached hydrogens (tertiary/aromatic N) is 1. The number of carbonyl (C=O) groups excluding carboxylic acids is 2. The molecule has 1 aliphatic heterocycles. The van der Waals surface area contributed by atoms with Crippen LogP contribution >= 0.6 is 0 Å². The SMILES string of the molecule is C=CCOC(=O)C1C(=O)CN1C. The van der Waals surface area contributed by atoms with Crippen LogP contribution < -0.4 is 0 Å². The van der Waals surface area contributed by atoms with Crippen molar-refractivity contribution in [2.45, 2.75) is 6.04 Å². The fraction of sp³-hybridized carbons (Fsp3) is 0.500. The van der Waals surface area contributed by atoms with Crippen LogP contribution in [0, 0.1) is 0 Å². The third kappa shape index (κ3) is 1.53. The van der Waals surface area contributed by atoms with E-state index in [9.17, 15) is 9.59 Å². The second kappa shape index (κ2) is 3.49. The molecular formula is C8H11NO3. The first-order valence-corrected chi connectivity index (χ1v) is 3.67. The van der Waals surface area contributed by atoms with Gasteiger partial charge in [-0.1, -0.05) is 12.7 Å². The molecule has 0 spiro atoms. The molecule has 4 nitrogen and oxygen atoms in total. The molecule has 12 heavy (non-hydrogen) atoms. The zero-order chi connectivity index (χ0) is 9.14. The quantitative estimate of drug-likeness (QED) is 0.327. The van der Waals surface area contributed by atoms with Gasteiger partial charge in [-0.2, -0.15) is 0 Å². The summed E-state index contributed by atoms with van der Waals surface area (Å²) in [5.41, 5.74) is 0. The molecule has 0 radical (unpaired) electrons. The summed E-state index contributed by atoms with van der Waals surface area (Å²) in [5.74, 6) is -0.555. The van der Waals surface area contributed by atoms with E-state index in [1.807, 2.05) is 0 Å². The van der Waals surface area contributed by atoms with Gasteiger partial charge in [0.15, 0.2) is 11.8 Å². The van der Waals surface area contributed by atoms with Crippen LogP contribution in [-0.4, -0.2) is 42.9 Å². The maximum Gasteiger partial charge on any atom is 0.331 e. The first kappa shape index (κ1) is 8.93. The van der Waals surface area contributed by atoms with Crippen molar-refractivity contribution >= 4 is 11.8 Å². The zero-order valence-electron chi connectivity index (χ0n) is 6.95. The Hall–Kier alpha value is -1.16. The molecule has 0 aromatic rings. The Morgan fingerprint density at radius 2 is 2.58 bits per heavy atom. The van der Waals surface area contributed by atoms with Crippen molar-refractivity contribution in [2.75, 3.05) is 20.2 Å². The van der Waals surface area contributed by atoms with E-state index in [2.05, 4.69) is 6.58 Å². The highest BCUT2D eigenvalue weighted by molar-refractivity contribution is 6.08. The van der Waals surface area contributed by atoms with Gasteiger partial charge in [-0.3, -0.25) is 9.69 Å². The molecule has 0 amide bonds. The minimum absolute atomic E-state index is 0.0773.